The van der Waals surface area contributed by atoms with Gasteiger partial charge in [-0.15, -0.1) is 21.5 Å². The van der Waals surface area contributed by atoms with Gasteiger partial charge in [0.25, 0.3) is 0 Å². The fraction of sp³-hybridized carbons (Fsp3) is 0.333. The van der Waals surface area contributed by atoms with E-state index in [1.54, 1.807) is 11.3 Å². The van der Waals surface area contributed by atoms with E-state index in [-0.39, 0.29) is 6.04 Å². The third-order valence-electron chi connectivity index (χ3n) is 3.43. The highest BCUT2D eigenvalue weighted by atomic mass is 35.5. The molecule has 6 heteroatoms. The van der Waals surface area contributed by atoms with Crippen molar-refractivity contribution < 1.29 is 0 Å². The Morgan fingerprint density at radius 2 is 2.24 bits per heavy atom. The molecule has 0 saturated carbocycles. The summed E-state index contributed by atoms with van der Waals surface area (Å²) in [6, 6.07) is 8.05. The maximum atomic E-state index is 6.16. The fourth-order valence-electron chi connectivity index (χ4n) is 2.38. The van der Waals surface area contributed by atoms with Crippen molar-refractivity contribution in [1.29, 1.82) is 0 Å². The molecular weight excluding hydrogens is 304 g/mol. The standard InChI is InChI=1S/C15H17ClN4S/c1-2-5-12(17-10-13-11(16)7-9-21-13)15-19-18-14-6-3-4-8-20(14)15/h3-4,6-9,12,17H,2,5,10H2,1H3/t12-/m1/s1. The van der Waals surface area contributed by atoms with Crippen molar-refractivity contribution in [1.82, 2.24) is 19.9 Å². The maximum Gasteiger partial charge on any atom is 0.160 e. The summed E-state index contributed by atoms with van der Waals surface area (Å²) < 4.78 is 2.04. The Bertz CT molecular complexity index is 721. The minimum absolute atomic E-state index is 0.172. The van der Waals surface area contributed by atoms with Gasteiger partial charge in [-0.05, 0) is 30.0 Å². The van der Waals surface area contributed by atoms with E-state index in [0.29, 0.717) is 0 Å². The van der Waals surface area contributed by atoms with Crippen LogP contribution in [0, 0.1) is 0 Å². The van der Waals surface area contributed by atoms with Crippen LogP contribution in [0.1, 0.15) is 36.5 Å². The predicted octanol–water partition coefficient (Wildman–Crippen LogP) is 4.08. The molecule has 3 heterocycles. The minimum Gasteiger partial charge on any atom is -0.302 e. The minimum atomic E-state index is 0.172. The lowest BCUT2D eigenvalue weighted by atomic mass is 10.1. The van der Waals surface area contributed by atoms with Crippen molar-refractivity contribution >= 4 is 28.6 Å². The third kappa shape index (κ3) is 3.10. The number of nitrogens with one attached hydrogen (secondary N) is 1. The van der Waals surface area contributed by atoms with Gasteiger partial charge in [0, 0.05) is 17.6 Å². The molecule has 4 nitrogen and oxygen atoms in total. The summed E-state index contributed by atoms with van der Waals surface area (Å²) in [6.45, 7) is 2.93. The molecule has 3 aromatic rings. The SMILES string of the molecule is CCC[C@@H](NCc1sccc1Cl)c1nnc2ccccn12. The highest BCUT2D eigenvalue weighted by Gasteiger charge is 2.17. The van der Waals surface area contributed by atoms with Gasteiger partial charge < -0.3 is 5.32 Å². The molecule has 3 rings (SSSR count). The number of pyridine rings is 1. The monoisotopic (exact) mass is 320 g/mol. The lowest BCUT2D eigenvalue weighted by Crippen LogP contribution is -2.22. The average molecular weight is 321 g/mol. The molecule has 0 spiro atoms. The summed E-state index contributed by atoms with van der Waals surface area (Å²) in [4.78, 5) is 1.16. The normalized spacial score (nSPS) is 12.9. The average Bonchev–Trinajstić information content (AvgIpc) is 3.10. The van der Waals surface area contributed by atoms with Crippen LogP contribution in [-0.2, 0) is 6.54 Å². The van der Waals surface area contributed by atoms with Crippen LogP contribution in [-0.4, -0.2) is 14.6 Å². The summed E-state index contributed by atoms with van der Waals surface area (Å²) in [7, 11) is 0. The van der Waals surface area contributed by atoms with Crippen LogP contribution in [0.4, 0.5) is 0 Å². The van der Waals surface area contributed by atoms with Crippen molar-refractivity contribution in [3.05, 3.63) is 51.6 Å². The van der Waals surface area contributed by atoms with Gasteiger partial charge in [-0.3, -0.25) is 4.40 Å². The van der Waals surface area contributed by atoms with Crippen LogP contribution in [0.3, 0.4) is 0 Å². The van der Waals surface area contributed by atoms with Gasteiger partial charge in [-0.25, -0.2) is 0 Å². The van der Waals surface area contributed by atoms with Crippen LogP contribution in [0.2, 0.25) is 5.02 Å². The first kappa shape index (κ1) is 14.5. The van der Waals surface area contributed by atoms with Crippen LogP contribution in [0.25, 0.3) is 5.65 Å². The smallest absolute Gasteiger partial charge is 0.160 e. The zero-order chi connectivity index (χ0) is 14.7. The quantitative estimate of drug-likeness (QED) is 0.744. The summed E-state index contributed by atoms with van der Waals surface area (Å²) in [5, 5.41) is 15.0. The lowest BCUT2D eigenvalue weighted by molar-refractivity contribution is 0.469. The number of thiophene rings is 1. The molecule has 0 aliphatic heterocycles. The number of halogens is 1. The van der Waals surface area contributed by atoms with E-state index in [9.17, 15) is 0 Å². The molecule has 21 heavy (non-hydrogen) atoms. The van der Waals surface area contributed by atoms with Crippen molar-refractivity contribution in [3.8, 4) is 0 Å². The van der Waals surface area contributed by atoms with Crippen LogP contribution < -0.4 is 5.32 Å². The molecule has 1 N–H and O–H groups in total. The number of hydrogen-bond acceptors (Lipinski definition) is 4. The Morgan fingerprint density at radius 3 is 3.00 bits per heavy atom. The Kier molecular flexibility index (Phi) is 4.53. The molecule has 0 bridgehead atoms. The van der Waals surface area contributed by atoms with E-state index in [1.165, 1.54) is 0 Å². The van der Waals surface area contributed by atoms with Gasteiger partial charge in [0.15, 0.2) is 11.5 Å². The van der Waals surface area contributed by atoms with Gasteiger partial charge in [-0.1, -0.05) is 31.0 Å². The largest absolute Gasteiger partial charge is 0.302 e. The highest BCUT2D eigenvalue weighted by Crippen LogP contribution is 2.24. The van der Waals surface area contributed by atoms with Crippen molar-refractivity contribution in [2.75, 3.05) is 0 Å². The highest BCUT2D eigenvalue weighted by molar-refractivity contribution is 7.10. The second-order valence-corrected chi connectivity index (χ2v) is 6.31. The van der Waals surface area contributed by atoms with E-state index >= 15 is 0 Å². The van der Waals surface area contributed by atoms with Gasteiger partial charge in [0.2, 0.25) is 0 Å². The van der Waals surface area contributed by atoms with E-state index < -0.39 is 0 Å². The Balaban J connectivity index is 1.82. The summed E-state index contributed by atoms with van der Waals surface area (Å²) in [5.74, 6) is 0.958. The molecule has 0 aliphatic rings. The lowest BCUT2D eigenvalue weighted by Gasteiger charge is -2.16. The number of nitrogens with zero attached hydrogens (tertiary/aromatic N) is 3. The number of rotatable bonds is 6. The van der Waals surface area contributed by atoms with Crippen molar-refractivity contribution in [2.45, 2.75) is 32.4 Å². The topological polar surface area (TPSA) is 42.2 Å². The summed E-state index contributed by atoms with van der Waals surface area (Å²) >= 11 is 7.83. The van der Waals surface area contributed by atoms with Crippen LogP contribution in [0.5, 0.6) is 0 Å². The van der Waals surface area contributed by atoms with Gasteiger partial charge in [0.1, 0.15) is 0 Å². The van der Waals surface area contributed by atoms with Gasteiger partial charge in [0.05, 0.1) is 11.1 Å². The van der Waals surface area contributed by atoms with Crippen LogP contribution in [0.15, 0.2) is 35.8 Å². The fourth-order valence-corrected chi connectivity index (χ4v) is 3.43. The van der Waals surface area contributed by atoms with E-state index in [2.05, 4.69) is 22.4 Å². The molecule has 110 valence electrons. The maximum absolute atomic E-state index is 6.16. The molecule has 0 aliphatic carbocycles. The van der Waals surface area contributed by atoms with Crippen molar-refractivity contribution in [3.63, 3.8) is 0 Å². The summed E-state index contributed by atoms with van der Waals surface area (Å²) in [5.41, 5.74) is 0.879. The molecule has 0 amide bonds. The van der Waals surface area contributed by atoms with E-state index in [4.69, 9.17) is 11.6 Å². The van der Waals surface area contributed by atoms with Crippen LogP contribution >= 0.6 is 22.9 Å². The van der Waals surface area contributed by atoms with E-state index in [0.717, 1.165) is 40.8 Å². The second-order valence-electron chi connectivity index (χ2n) is 4.90. The predicted molar refractivity (Wildman–Crippen MR) is 86.8 cm³/mol. The molecule has 0 radical (unpaired) electrons. The van der Waals surface area contributed by atoms with Gasteiger partial charge >= 0.3 is 0 Å². The first-order valence-corrected chi connectivity index (χ1v) is 8.30. The zero-order valence-electron chi connectivity index (χ0n) is 11.8. The Morgan fingerprint density at radius 1 is 1.33 bits per heavy atom. The first-order valence-electron chi connectivity index (χ1n) is 7.04. The van der Waals surface area contributed by atoms with Crippen molar-refractivity contribution in [2.24, 2.45) is 0 Å². The van der Waals surface area contributed by atoms with E-state index in [1.807, 2.05) is 40.2 Å². The molecule has 0 saturated heterocycles. The molecule has 1 atom stereocenters. The number of aromatic nitrogens is 3. The number of hydrogen-bond donors (Lipinski definition) is 1. The Hall–Kier alpha value is -1.43. The second kappa shape index (κ2) is 6.56. The first-order chi connectivity index (χ1) is 10.3. The molecule has 0 aromatic carbocycles. The van der Waals surface area contributed by atoms with Gasteiger partial charge in [-0.2, -0.15) is 0 Å². The number of fused-ring (bicyclic) bond motifs is 1. The molecule has 0 fully saturated rings. The summed E-state index contributed by atoms with van der Waals surface area (Å²) in [6.07, 6.45) is 4.10. The Labute approximate surface area is 132 Å². The molecular formula is C15H17ClN4S. The third-order valence-corrected chi connectivity index (χ3v) is 4.82. The zero-order valence-corrected chi connectivity index (χ0v) is 13.4. The molecule has 0 unspecified atom stereocenters. The molecule has 3 aromatic heterocycles.